The van der Waals surface area contributed by atoms with Gasteiger partial charge in [-0.1, -0.05) is 30.3 Å². The Morgan fingerprint density at radius 1 is 1.20 bits per heavy atom. The summed E-state index contributed by atoms with van der Waals surface area (Å²) in [7, 11) is 0. The predicted molar refractivity (Wildman–Crippen MR) is 77.2 cm³/mol. The molecule has 1 aromatic rings. The number of rotatable bonds is 9. The van der Waals surface area contributed by atoms with Crippen LogP contribution in [0.15, 0.2) is 30.3 Å². The van der Waals surface area contributed by atoms with Crippen molar-refractivity contribution in [3.63, 3.8) is 0 Å². The quantitative estimate of drug-likeness (QED) is 0.594. The highest BCUT2D eigenvalue weighted by molar-refractivity contribution is 5.76. The van der Waals surface area contributed by atoms with Crippen molar-refractivity contribution in [1.29, 1.82) is 0 Å². The zero-order valence-electron chi connectivity index (χ0n) is 11.5. The highest BCUT2D eigenvalue weighted by Gasteiger charge is 2.10. The average Bonchev–Trinajstić information content (AvgIpc) is 2.45. The van der Waals surface area contributed by atoms with Crippen LogP contribution in [-0.2, 0) is 16.0 Å². The fraction of sp³-hybridized carbons (Fsp3) is 0.467. The number of carboxylic acids is 1. The number of hydrogen-bond donors (Lipinski definition) is 3. The van der Waals surface area contributed by atoms with Crippen LogP contribution < -0.4 is 11.1 Å². The number of aryl methyl sites for hydroxylation is 1. The van der Waals surface area contributed by atoms with Crippen LogP contribution >= 0.6 is 0 Å². The summed E-state index contributed by atoms with van der Waals surface area (Å²) in [4.78, 5) is 22.1. The summed E-state index contributed by atoms with van der Waals surface area (Å²) in [6, 6.07) is 9.06. The van der Waals surface area contributed by atoms with Crippen molar-refractivity contribution >= 4 is 11.9 Å². The first kappa shape index (κ1) is 16.2. The lowest BCUT2D eigenvalue weighted by Crippen LogP contribution is -2.30. The van der Waals surface area contributed by atoms with E-state index in [0.29, 0.717) is 25.8 Å². The lowest BCUT2D eigenvalue weighted by atomic mass is 10.1. The number of unbranched alkanes of at least 4 members (excludes halogenated alkanes) is 1. The maximum absolute atomic E-state index is 11.6. The zero-order valence-corrected chi connectivity index (χ0v) is 11.5. The SMILES string of the molecule is N[C@@H](CCCCNC(=O)CCc1ccccc1)C(=O)O. The van der Waals surface area contributed by atoms with Gasteiger partial charge >= 0.3 is 5.97 Å². The Kier molecular flexibility index (Phi) is 7.35. The average molecular weight is 278 g/mol. The third-order valence-electron chi connectivity index (χ3n) is 3.06. The van der Waals surface area contributed by atoms with Crippen molar-refractivity contribution in [1.82, 2.24) is 5.32 Å². The van der Waals surface area contributed by atoms with Crippen LogP contribution in [0, 0.1) is 0 Å². The van der Waals surface area contributed by atoms with E-state index in [1.807, 2.05) is 30.3 Å². The molecule has 5 heteroatoms. The molecule has 0 fully saturated rings. The minimum absolute atomic E-state index is 0.0244. The molecule has 1 rings (SSSR count). The minimum atomic E-state index is -0.975. The number of carboxylic acid groups (broad SMARTS) is 1. The molecule has 1 atom stereocenters. The summed E-state index contributed by atoms with van der Waals surface area (Å²) in [6.07, 6.45) is 3.09. The Morgan fingerprint density at radius 3 is 2.55 bits per heavy atom. The first-order valence-corrected chi connectivity index (χ1v) is 6.88. The number of nitrogens with one attached hydrogen (secondary N) is 1. The Bertz CT molecular complexity index is 420. The van der Waals surface area contributed by atoms with Gasteiger partial charge in [-0.2, -0.15) is 0 Å². The Balaban J connectivity index is 2.05. The van der Waals surface area contributed by atoms with Gasteiger partial charge in [-0.05, 0) is 31.2 Å². The standard InChI is InChI=1S/C15H22N2O3/c16-13(15(19)20)8-4-5-11-17-14(18)10-9-12-6-2-1-3-7-12/h1-3,6-7,13H,4-5,8-11,16H2,(H,17,18)(H,19,20)/t13-/m0/s1. The summed E-state index contributed by atoms with van der Waals surface area (Å²) in [5.41, 5.74) is 6.53. The summed E-state index contributed by atoms with van der Waals surface area (Å²) in [5, 5.41) is 11.4. The number of hydrogen-bond acceptors (Lipinski definition) is 3. The first-order chi connectivity index (χ1) is 9.59. The van der Waals surface area contributed by atoms with Gasteiger partial charge in [0, 0.05) is 13.0 Å². The third kappa shape index (κ3) is 6.89. The van der Waals surface area contributed by atoms with Gasteiger partial charge in [0.15, 0.2) is 0 Å². The Labute approximate surface area is 119 Å². The van der Waals surface area contributed by atoms with Crippen molar-refractivity contribution in [2.75, 3.05) is 6.54 Å². The molecule has 0 aromatic heterocycles. The summed E-state index contributed by atoms with van der Waals surface area (Å²) >= 11 is 0. The van der Waals surface area contributed by atoms with E-state index in [1.165, 1.54) is 0 Å². The number of carbonyl (C=O) groups is 2. The largest absolute Gasteiger partial charge is 0.480 e. The molecule has 0 bridgehead atoms. The molecule has 1 amide bonds. The van der Waals surface area contributed by atoms with Crippen LogP contribution in [0.2, 0.25) is 0 Å². The normalized spacial score (nSPS) is 11.8. The van der Waals surface area contributed by atoms with Gasteiger partial charge in [0.25, 0.3) is 0 Å². The van der Waals surface area contributed by atoms with Gasteiger partial charge in [0.05, 0.1) is 0 Å². The Morgan fingerprint density at radius 2 is 1.90 bits per heavy atom. The summed E-state index contributed by atoms with van der Waals surface area (Å²) < 4.78 is 0. The fourth-order valence-corrected chi connectivity index (χ4v) is 1.83. The minimum Gasteiger partial charge on any atom is -0.480 e. The molecule has 0 heterocycles. The van der Waals surface area contributed by atoms with E-state index in [0.717, 1.165) is 18.4 Å². The molecule has 20 heavy (non-hydrogen) atoms. The molecule has 0 saturated heterocycles. The van der Waals surface area contributed by atoms with Crippen molar-refractivity contribution in [2.45, 2.75) is 38.1 Å². The maximum atomic E-state index is 11.6. The number of aliphatic carboxylic acids is 1. The van der Waals surface area contributed by atoms with Crippen LogP contribution in [-0.4, -0.2) is 29.6 Å². The van der Waals surface area contributed by atoms with Crippen molar-refractivity contribution in [3.8, 4) is 0 Å². The van der Waals surface area contributed by atoms with E-state index in [4.69, 9.17) is 10.8 Å². The van der Waals surface area contributed by atoms with Crippen molar-refractivity contribution in [3.05, 3.63) is 35.9 Å². The van der Waals surface area contributed by atoms with Crippen LogP contribution in [0.1, 0.15) is 31.2 Å². The monoisotopic (exact) mass is 278 g/mol. The number of nitrogens with two attached hydrogens (primary N) is 1. The van der Waals surface area contributed by atoms with E-state index >= 15 is 0 Å². The second-order valence-electron chi connectivity index (χ2n) is 4.78. The smallest absolute Gasteiger partial charge is 0.320 e. The van der Waals surface area contributed by atoms with Gasteiger partial charge in [0.1, 0.15) is 6.04 Å². The third-order valence-corrected chi connectivity index (χ3v) is 3.06. The highest BCUT2D eigenvalue weighted by atomic mass is 16.4. The van der Waals surface area contributed by atoms with Crippen LogP contribution in [0.25, 0.3) is 0 Å². The molecule has 110 valence electrons. The van der Waals surface area contributed by atoms with E-state index in [1.54, 1.807) is 0 Å². The van der Waals surface area contributed by atoms with E-state index in [2.05, 4.69) is 5.32 Å². The number of amides is 1. The number of carbonyl (C=O) groups excluding carboxylic acids is 1. The summed E-state index contributed by atoms with van der Waals surface area (Å²) in [5.74, 6) is -0.951. The molecule has 0 aliphatic heterocycles. The molecule has 0 aliphatic rings. The van der Waals surface area contributed by atoms with E-state index < -0.39 is 12.0 Å². The molecule has 0 radical (unpaired) electrons. The topological polar surface area (TPSA) is 92.4 Å². The van der Waals surface area contributed by atoms with Gasteiger partial charge in [-0.25, -0.2) is 0 Å². The summed E-state index contributed by atoms with van der Waals surface area (Å²) in [6.45, 7) is 0.569. The zero-order chi connectivity index (χ0) is 14.8. The van der Waals surface area contributed by atoms with Crippen molar-refractivity contribution < 1.29 is 14.7 Å². The molecular weight excluding hydrogens is 256 g/mol. The van der Waals surface area contributed by atoms with E-state index in [9.17, 15) is 9.59 Å². The molecule has 0 unspecified atom stereocenters. The highest BCUT2D eigenvalue weighted by Crippen LogP contribution is 2.02. The van der Waals surface area contributed by atoms with Crippen LogP contribution in [0.3, 0.4) is 0 Å². The molecule has 1 aromatic carbocycles. The number of benzene rings is 1. The molecule has 5 nitrogen and oxygen atoms in total. The Hall–Kier alpha value is -1.88. The maximum Gasteiger partial charge on any atom is 0.320 e. The van der Waals surface area contributed by atoms with Gasteiger partial charge in [-0.3, -0.25) is 9.59 Å². The van der Waals surface area contributed by atoms with Crippen LogP contribution in [0.4, 0.5) is 0 Å². The second kappa shape index (κ2) is 9.09. The van der Waals surface area contributed by atoms with Crippen molar-refractivity contribution in [2.24, 2.45) is 5.73 Å². The lowest BCUT2D eigenvalue weighted by Gasteiger charge is -2.07. The molecular formula is C15H22N2O3. The fourth-order valence-electron chi connectivity index (χ4n) is 1.83. The molecule has 0 spiro atoms. The van der Waals surface area contributed by atoms with Gasteiger partial charge < -0.3 is 16.2 Å². The van der Waals surface area contributed by atoms with Crippen LogP contribution in [0.5, 0.6) is 0 Å². The second-order valence-corrected chi connectivity index (χ2v) is 4.78. The van der Waals surface area contributed by atoms with Gasteiger partial charge in [-0.15, -0.1) is 0 Å². The first-order valence-electron chi connectivity index (χ1n) is 6.88. The predicted octanol–water partition coefficient (Wildman–Crippen LogP) is 1.32. The molecule has 0 aliphatic carbocycles. The molecule has 0 saturated carbocycles. The lowest BCUT2D eigenvalue weighted by molar-refractivity contribution is -0.138. The van der Waals surface area contributed by atoms with E-state index in [-0.39, 0.29) is 5.91 Å². The molecule has 4 N–H and O–H groups in total. The van der Waals surface area contributed by atoms with Gasteiger partial charge in [0.2, 0.25) is 5.91 Å².